The van der Waals surface area contributed by atoms with Crippen LogP contribution in [0.2, 0.25) is 0 Å². The average Bonchev–Trinajstić information content (AvgIpc) is 2.43. The lowest BCUT2D eigenvalue weighted by Gasteiger charge is -2.12. The molecule has 0 heterocycles. The second-order valence-electron chi connectivity index (χ2n) is 4.40. The minimum Gasteiger partial charge on any atom is -0.467 e. The number of ether oxygens (including phenoxy) is 2. The van der Waals surface area contributed by atoms with Gasteiger partial charge in [0.2, 0.25) is 0 Å². The first kappa shape index (κ1) is 21.8. The number of carbonyl (C=O) groups excluding carboxylic acids is 2. The van der Waals surface area contributed by atoms with Gasteiger partial charge < -0.3 is 9.47 Å². The maximum absolute atomic E-state index is 11.6. The number of carbonyl (C=O) groups is 2. The highest BCUT2D eigenvalue weighted by Crippen LogP contribution is 2.08. The third-order valence-corrected chi connectivity index (χ3v) is 5.18. The summed E-state index contributed by atoms with van der Waals surface area (Å²) >= 11 is 0. The Morgan fingerprint density at radius 2 is 1.09 bits per heavy atom. The van der Waals surface area contributed by atoms with Crippen LogP contribution in [0.3, 0.4) is 0 Å². The average molecular weight is 376 g/mol. The van der Waals surface area contributed by atoms with Crippen molar-refractivity contribution in [3.8, 4) is 0 Å². The first-order valence-corrected chi connectivity index (χ1v) is 9.57. The second-order valence-corrected chi connectivity index (χ2v) is 7.83. The largest absolute Gasteiger partial charge is 0.467 e. The fourth-order valence-electron chi connectivity index (χ4n) is 1.36. The van der Waals surface area contributed by atoms with E-state index >= 15 is 0 Å². The van der Waals surface area contributed by atoms with Gasteiger partial charge in [0, 0.05) is 0 Å². The van der Waals surface area contributed by atoms with E-state index in [4.69, 9.17) is 0 Å². The summed E-state index contributed by atoms with van der Waals surface area (Å²) < 4.78 is 64.0. The number of esters is 2. The van der Waals surface area contributed by atoms with Gasteiger partial charge in [-0.05, 0) is 20.3 Å². The normalized spacial score (nSPS) is 14.8. The van der Waals surface area contributed by atoms with Crippen LogP contribution < -0.4 is 0 Å². The van der Waals surface area contributed by atoms with Crippen LogP contribution in [0.4, 0.5) is 0 Å². The third-order valence-electron chi connectivity index (χ3n) is 2.44. The molecule has 0 aliphatic rings. The van der Waals surface area contributed by atoms with E-state index in [1.165, 1.54) is 13.8 Å². The molecule has 0 saturated heterocycles. The highest BCUT2D eigenvalue weighted by atomic mass is 32.2. The first-order chi connectivity index (χ1) is 10.4. The van der Waals surface area contributed by atoms with Crippen LogP contribution in [0.25, 0.3) is 0 Å². The summed E-state index contributed by atoms with van der Waals surface area (Å²) in [4.78, 5) is 22.1. The van der Waals surface area contributed by atoms with Crippen molar-refractivity contribution in [1.82, 2.24) is 0 Å². The zero-order valence-corrected chi connectivity index (χ0v) is 14.8. The number of rotatable bonds is 10. The predicted molar refractivity (Wildman–Crippen MR) is 77.3 cm³/mol. The van der Waals surface area contributed by atoms with Crippen molar-refractivity contribution in [2.75, 3.05) is 25.7 Å². The maximum Gasteiger partial charge on any atom is 0.336 e. The Kier molecular flexibility index (Phi) is 8.66. The van der Waals surface area contributed by atoms with E-state index in [-0.39, 0.29) is 6.42 Å². The molecular formula is C11H20O10S2. The van der Waals surface area contributed by atoms with Crippen LogP contribution in [0.1, 0.15) is 20.3 Å². The summed E-state index contributed by atoms with van der Waals surface area (Å²) in [7, 11) is -6.10. The van der Waals surface area contributed by atoms with Crippen LogP contribution in [0.5, 0.6) is 0 Å². The first-order valence-electron chi connectivity index (χ1n) is 6.41. The smallest absolute Gasteiger partial charge is 0.336 e. The molecule has 0 N–H and O–H groups in total. The van der Waals surface area contributed by atoms with Gasteiger partial charge in [-0.25, -0.2) is 9.59 Å². The lowest BCUT2D eigenvalue weighted by molar-refractivity contribution is -0.148. The van der Waals surface area contributed by atoms with Crippen molar-refractivity contribution in [1.29, 1.82) is 0 Å². The van der Waals surface area contributed by atoms with Gasteiger partial charge in [0.05, 0.1) is 25.7 Å². The number of hydrogen-bond acceptors (Lipinski definition) is 10. The Morgan fingerprint density at radius 3 is 1.35 bits per heavy atom. The van der Waals surface area contributed by atoms with Gasteiger partial charge in [-0.15, -0.1) is 0 Å². The molecule has 23 heavy (non-hydrogen) atoms. The Hall–Kier alpha value is -1.24. The SMILES string of the molecule is COC(=O)C(C)OS(=O)(=O)CCCS(=O)(=O)OC(C)C(=O)OC. The molecule has 0 fully saturated rings. The molecule has 0 aliphatic heterocycles. The van der Waals surface area contributed by atoms with Crippen molar-refractivity contribution >= 4 is 32.2 Å². The van der Waals surface area contributed by atoms with Crippen molar-refractivity contribution in [2.45, 2.75) is 32.5 Å². The summed E-state index contributed by atoms with van der Waals surface area (Å²) in [5, 5.41) is 0. The minimum atomic E-state index is -4.12. The van der Waals surface area contributed by atoms with Crippen LogP contribution in [0.15, 0.2) is 0 Å². The highest BCUT2D eigenvalue weighted by molar-refractivity contribution is 7.87. The second kappa shape index (κ2) is 9.15. The van der Waals surface area contributed by atoms with Gasteiger partial charge >= 0.3 is 11.9 Å². The van der Waals surface area contributed by atoms with E-state index in [9.17, 15) is 26.4 Å². The third kappa shape index (κ3) is 8.83. The molecule has 0 aromatic rings. The molecule has 0 bridgehead atoms. The number of hydrogen-bond donors (Lipinski definition) is 0. The zero-order chi connectivity index (χ0) is 18.3. The molecule has 2 atom stereocenters. The molecule has 0 aromatic heterocycles. The Labute approximate surface area is 135 Å². The molecule has 10 nitrogen and oxygen atoms in total. The lowest BCUT2D eigenvalue weighted by atomic mass is 10.4. The molecule has 0 amide bonds. The summed E-state index contributed by atoms with van der Waals surface area (Å²) in [5.41, 5.74) is 0. The van der Waals surface area contributed by atoms with Gasteiger partial charge in [-0.1, -0.05) is 0 Å². The number of methoxy groups -OCH3 is 2. The van der Waals surface area contributed by atoms with E-state index in [1.54, 1.807) is 0 Å². The van der Waals surface area contributed by atoms with Crippen LogP contribution in [-0.4, -0.2) is 66.7 Å². The summed E-state index contributed by atoms with van der Waals surface area (Å²) in [6.45, 7) is 2.36. The standard InChI is InChI=1S/C11H20O10S2/c1-8(10(12)18-3)20-22(14,15)6-5-7-23(16,17)21-9(2)11(13)19-4/h8-9H,5-7H2,1-4H3. The predicted octanol–water partition coefficient (Wildman–Crippen LogP) is -0.808. The quantitative estimate of drug-likeness (QED) is 0.351. The minimum absolute atomic E-state index is 0.341. The molecule has 0 radical (unpaired) electrons. The summed E-state index contributed by atoms with van der Waals surface area (Å²) in [6.07, 6.45) is -3.01. The van der Waals surface area contributed by atoms with Crippen LogP contribution >= 0.6 is 0 Å². The summed E-state index contributed by atoms with van der Waals surface area (Å²) in [5.74, 6) is -3.06. The molecule has 136 valence electrons. The molecule has 0 saturated carbocycles. The molecule has 2 unspecified atom stereocenters. The molecule has 0 spiro atoms. The van der Waals surface area contributed by atoms with Crippen LogP contribution in [0, 0.1) is 0 Å². The van der Waals surface area contributed by atoms with Crippen molar-refractivity contribution in [2.24, 2.45) is 0 Å². The Bertz CT molecular complexity index is 553. The van der Waals surface area contributed by atoms with Crippen LogP contribution in [-0.2, 0) is 47.7 Å². The maximum atomic E-state index is 11.6. The topological polar surface area (TPSA) is 139 Å². The molecule has 0 rings (SSSR count). The monoisotopic (exact) mass is 376 g/mol. The van der Waals surface area contributed by atoms with E-state index < -0.39 is 55.9 Å². The van der Waals surface area contributed by atoms with Gasteiger partial charge in [-0.2, -0.15) is 16.8 Å². The molecule has 0 aromatic carbocycles. The van der Waals surface area contributed by atoms with Gasteiger partial charge in [-0.3, -0.25) is 8.37 Å². The molecule has 0 aliphatic carbocycles. The van der Waals surface area contributed by atoms with Gasteiger partial charge in [0.25, 0.3) is 20.2 Å². The van der Waals surface area contributed by atoms with Crippen molar-refractivity contribution < 1.29 is 44.3 Å². The van der Waals surface area contributed by atoms with Crippen molar-refractivity contribution in [3.63, 3.8) is 0 Å². The van der Waals surface area contributed by atoms with E-state index in [0.717, 1.165) is 14.2 Å². The van der Waals surface area contributed by atoms with Crippen molar-refractivity contribution in [3.05, 3.63) is 0 Å². The van der Waals surface area contributed by atoms with E-state index in [0.29, 0.717) is 0 Å². The zero-order valence-electron chi connectivity index (χ0n) is 13.2. The van der Waals surface area contributed by atoms with Gasteiger partial charge in [0.15, 0.2) is 12.2 Å². The summed E-state index contributed by atoms with van der Waals surface area (Å²) in [6, 6.07) is 0. The highest BCUT2D eigenvalue weighted by Gasteiger charge is 2.25. The lowest BCUT2D eigenvalue weighted by Crippen LogP contribution is -2.29. The fraction of sp³-hybridized carbons (Fsp3) is 0.818. The molecule has 12 heteroatoms. The van der Waals surface area contributed by atoms with E-state index in [1.807, 2.05) is 0 Å². The van der Waals surface area contributed by atoms with E-state index in [2.05, 4.69) is 17.8 Å². The molecular weight excluding hydrogens is 356 g/mol. The fourth-order valence-corrected chi connectivity index (χ4v) is 3.77. The Balaban J connectivity index is 4.47. The Morgan fingerprint density at radius 1 is 0.783 bits per heavy atom. The van der Waals surface area contributed by atoms with Gasteiger partial charge in [0.1, 0.15) is 0 Å².